The van der Waals surface area contributed by atoms with Gasteiger partial charge in [0.2, 0.25) is 0 Å². The maximum Gasteiger partial charge on any atom is 0.303 e. The standard InChI is InChI=1S/C23H38O7/c1-4-5-11-21(29-3)19(25)14-13-17-18(10-8-6-7-9-12-23(27)28)22(15-20(17)26)30-16(2)24/h6,8,13-14,17-22,25-26H,4-5,7,9-12,15H2,1-3H3,(H,27,28)/b8-6-,14-13+/t17-,18-,19?,20-,21?,22+/m1/s1. The van der Waals surface area contributed by atoms with Gasteiger partial charge in [-0.3, -0.25) is 9.59 Å². The van der Waals surface area contributed by atoms with Gasteiger partial charge in [-0.25, -0.2) is 0 Å². The van der Waals surface area contributed by atoms with Crippen LogP contribution in [0.4, 0.5) is 0 Å². The molecule has 0 spiro atoms. The zero-order valence-electron chi connectivity index (χ0n) is 18.4. The van der Waals surface area contributed by atoms with Crippen molar-refractivity contribution < 1.29 is 34.4 Å². The molecule has 3 N–H and O–H groups in total. The van der Waals surface area contributed by atoms with Crippen molar-refractivity contribution >= 4 is 11.9 Å². The van der Waals surface area contributed by atoms with Gasteiger partial charge in [-0.2, -0.15) is 0 Å². The van der Waals surface area contributed by atoms with Crippen LogP contribution in [0.5, 0.6) is 0 Å². The fourth-order valence-corrected chi connectivity index (χ4v) is 3.97. The lowest BCUT2D eigenvalue weighted by atomic mass is 9.89. The first-order valence-corrected chi connectivity index (χ1v) is 10.9. The van der Waals surface area contributed by atoms with Crippen molar-refractivity contribution in [3.63, 3.8) is 0 Å². The molecule has 2 unspecified atom stereocenters. The van der Waals surface area contributed by atoms with Crippen LogP contribution in [0.1, 0.15) is 65.2 Å². The molecule has 0 aromatic heterocycles. The van der Waals surface area contributed by atoms with E-state index in [-0.39, 0.29) is 30.3 Å². The summed E-state index contributed by atoms with van der Waals surface area (Å²) in [5.41, 5.74) is 0. The number of hydrogen-bond donors (Lipinski definition) is 3. The Labute approximate surface area is 179 Å². The van der Waals surface area contributed by atoms with Crippen molar-refractivity contribution in [2.45, 2.75) is 89.6 Å². The van der Waals surface area contributed by atoms with Crippen molar-refractivity contribution in [3.8, 4) is 0 Å². The van der Waals surface area contributed by atoms with E-state index in [2.05, 4.69) is 6.92 Å². The van der Waals surface area contributed by atoms with E-state index in [0.717, 1.165) is 19.3 Å². The number of aliphatic carboxylic acids is 1. The van der Waals surface area contributed by atoms with Crippen molar-refractivity contribution in [1.82, 2.24) is 0 Å². The third kappa shape index (κ3) is 9.41. The van der Waals surface area contributed by atoms with Crippen molar-refractivity contribution in [2.24, 2.45) is 11.8 Å². The highest BCUT2D eigenvalue weighted by molar-refractivity contribution is 5.66. The Morgan fingerprint density at radius 1 is 1.23 bits per heavy atom. The molecule has 0 aliphatic heterocycles. The molecule has 6 atom stereocenters. The zero-order chi connectivity index (χ0) is 22.5. The SMILES string of the molecule is CCCCC(OC)C(O)/C=C/[C@@H]1[C@@H](C/C=C\CCCC(=O)O)[C@@H](OC(C)=O)C[C@H]1O. The lowest BCUT2D eigenvalue weighted by Gasteiger charge is -2.23. The number of hydrogen-bond acceptors (Lipinski definition) is 6. The van der Waals surface area contributed by atoms with Crippen LogP contribution in [0.15, 0.2) is 24.3 Å². The second-order valence-electron chi connectivity index (χ2n) is 7.98. The minimum atomic E-state index is -0.811. The lowest BCUT2D eigenvalue weighted by molar-refractivity contribution is -0.148. The summed E-state index contributed by atoms with van der Waals surface area (Å²) in [4.78, 5) is 22.1. The molecule has 0 radical (unpaired) electrons. The van der Waals surface area contributed by atoms with Crippen molar-refractivity contribution in [1.29, 1.82) is 0 Å². The van der Waals surface area contributed by atoms with Crippen LogP contribution < -0.4 is 0 Å². The molecule has 1 fully saturated rings. The molecule has 0 saturated heterocycles. The van der Waals surface area contributed by atoms with E-state index in [1.165, 1.54) is 6.92 Å². The Hall–Kier alpha value is -1.70. The fourth-order valence-electron chi connectivity index (χ4n) is 3.97. The monoisotopic (exact) mass is 426 g/mol. The second-order valence-corrected chi connectivity index (χ2v) is 7.98. The fraction of sp³-hybridized carbons (Fsp3) is 0.739. The lowest BCUT2D eigenvalue weighted by Crippen LogP contribution is -2.27. The van der Waals surface area contributed by atoms with Gasteiger partial charge in [-0.05, 0) is 25.7 Å². The summed E-state index contributed by atoms with van der Waals surface area (Å²) >= 11 is 0. The molecule has 1 rings (SSSR count). The summed E-state index contributed by atoms with van der Waals surface area (Å²) in [6.45, 7) is 3.44. The van der Waals surface area contributed by atoms with Gasteiger partial charge in [0.1, 0.15) is 6.10 Å². The number of rotatable bonds is 14. The maximum absolute atomic E-state index is 11.5. The molecule has 0 aromatic carbocycles. The van der Waals surface area contributed by atoms with E-state index in [4.69, 9.17) is 14.6 Å². The topological polar surface area (TPSA) is 113 Å². The summed E-state index contributed by atoms with van der Waals surface area (Å²) in [5.74, 6) is -1.56. The van der Waals surface area contributed by atoms with E-state index in [9.17, 15) is 19.8 Å². The van der Waals surface area contributed by atoms with E-state index in [1.54, 1.807) is 13.2 Å². The van der Waals surface area contributed by atoms with E-state index >= 15 is 0 Å². The number of aliphatic hydroxyl groups is 2. The average molecular weight is 427 g/mol. The molecule has 30 heavy (non-hydrogen) atoms. The molecular formula is C23H38O7. The number of carboxylic acids is 1. The largest absolute Gasteiger partial charge is 0.481 e. The van der Waals surface area contributed by atoms with Crippen LogP contribution in [-0.2, 0) is 19.1 Å². The maximum atomic E-state index is 11.5. The number of carbonyl (C=O) groups is 2. The van der Waals surface area contributed by atoms with Gasteiger partial charge in [0.25, 0.3) is 0 Å². The Bertz CT molecular complexity index is 572. The quantitative estimate of drug-likeness (QED) is 0.222. The summed E-state index contributed by atoms with van der Waals surface area (Å²) in [5, 5.41) is 29.7. The number of carbonyl (C=O) groups excluding carboxylic acids is 1. The molecular weight excluding hydrogens is 388 g/mol. The molecule has 0 bridgehead atoms. The van der Waals surface area contributed by atoms with Crippen LogP contribution in [0.3, 0.4) is 0 Å². The zero-order valence-corrected chi connectivity index (χ0v) is 18.4. The number of ether oxygens (including phenoxy) is 2. The van der Waals surface area contributed by atoms with Gasteiger partial charge < -0.3 is 24.8 Å². The second kappa shape index (κ2) is 14.3. The van der Waals surface area contributed by atoms with Crippen LogP contribution >= 0.6 is 0 Å². The predicted octanol–water partition coefficient (Wildman–Crippen LogP) is 3.24. The highest BCUT2D eigenvalue weighted by atomic mass is 16.5. The molecule has 1 saturated carbocycles. The molecule has 1 aliphatic rings. The van der Waals surface area contributed by atoms with Crippen LogP contribution in [0.2, 0.25) is 0 Å². The molecule has 1 aliphatic carbocycles. The third-order valence-corrected chi connectivity index (χ3v) is 5.60. The molecule has 0 heterocycles. The number of unbranched alkanes of at least 4 members (excludes halogenated alkanes) is 2. The van der Waals surface area contributed by atoms with Crippen LogP contribution in [0.25, 0.3) is 0 Å². The highest BCUT2D eigenvalue weighted by Crippen LogP contribution is 2.38. The van der Waals surface area contributed by atoms with Gasteiger partial charge in [-0.15, -0.1) is 0 Å². The Balaban J connectivity index is 2.79. The number of aliphatic hydroxyl groups excluding tert-OH is 2. The molecule has 172 valence electrons. The minimum Gasteiger partial charge on any atom is -0.481 e. The van der Waals surface area contributed by atoms with Crippen LogP contribution in [-0.4, -0.2) is 58.8 Å². The van der Waals surface area contributed by atoms with Gasteiger partial charge in [-0.1, -0.05) is 44.1 Å². The summed E-state index contributed by atoms with van der Waals surface area (Å²) in [6.07, 6.45) is 10.3. The average Bonchev–Trinajstić information content (AvgIpc) is 2.96. The first-order chi connectivity index (χ1) is 14.3. The van der Waals surface area contributed by atoms with E-state index in [0.29, 0.717) is 25.7 Å². The van der Waals surface area contributed by atoms with E-state index < -0.39 is 24.3 Å². The summed E-state index contributed by atoms with van der Waals surface area (Å²) in [7, 11) is 1.58. The van der Waals surface area contributed by atoms with E-state index in [1.807, 2.05) is 18.2 Å². The number of methoxy groups -OCH3 is 1. The first kappa shape index (κ1) is 26.3. The molecule has 7 heteroatoms. The minimum absolute atomic E-state index is 0.111. The third-order valence-electron chi connectivity index (χ3n) is 5.60. The number of esters is 1. The van der Waals surface area contributed by atoms with Gasteiger partial charge in [0, 0.05) is 38.7 Å². The predicted molar refractivity (Wildman–Crippen MR) is 114 cm³/mol. The number of carboxylic acid groups (broad SMARTS) is 1. The summed E-state index contributed by atoms with van der Waals surface area (Å²) < 4.78 is 10.8. The van der Waals surface area contributed by atoms with Crippen molar-refractivity contribution in [3.05, 3.63) is 24.3 Å². The smallest absolute Gasteiger partial charge is 0.303 e. The molecule has 7 nitrogen and oxygen atoms in total. The molecule has 0 aromatic rings. The Kier molecular flexibility index (Phi) is 12.6. The Morgan fingerprint density at radius 2 is 1.97 bits per heavy atom. The highest BCUT2D eigenvalue weighted by Gasteiger charge is 2.42. The first-order valence-electron chi connectivity index (χ1n) is 10.9. The van der Waals surface area contributed by atoms with Crippen LogP contribution in [0, 0.1) is 11.8 Å². The number of allylic oxidation sites excluding steroid dienone is 2. The summed E-state index contributed by atoms with van der Waals surface area (Å²) in [6, 6.07) is 0. The van der Waals surface area contributed by atoms with Gasteiger partial charge >= 0.3 is 11.9 Å². The molecule has 0 amide bonds. The van der Waals surface area contributed by atoms with Gasteiger partial charge in [0.15, 0.2) is 0 Å². The van der Waals surface area contributed by atoms with Crippen molar-refractivity contribution in [2.75, 3.05) is 7.11 Å². The Morgan fingerprint density at radius 3 is 2.57 bits per heavy atom. The normalized spacial score (nSPS) is 26.3. The van der Waals surface area contributed by atoms with Gasteiger partial charge in [0.05, 0.1) is 18.3 Å².